The first kappa shape index (κ1) is 35.7. The maximum absolute atomic E-state index is 15.3. The summed E-state index contributed by atoms with van der Waals surface area (Å²) in [6.07, 6.45) is 4.12. The van der Waals surface area contributed by atoms with Crippen LogP contribution in [0.15, 0.2) is 156 Å². The van der Waals surface area contributed by atoms with Crippen molar-refractivity contribution >= 4 is 45.7 Å². The number of hydrogen-bond donors (Lipinski definition) is 1. The Morgan fingerprint density at radius 3 is 2.19 bits per heavy atom. The Hall–Kier alpha value is -6.71. The zero-order valence-electron chi connectivity index (χ0n) is 31.4. The molecule has 1 saturated carbocycles. The molecule has 0 unspecified atom stereocenters. The number of Topliss-reactive ketones (excluding diaryl/α,β-unsaturated/α-hetero) is 1. The van der Waals surface area contributed by atoms with Crippen LogP contribution in [0.2, 0.25) is 0 Å². The number of fused-ring (bicyclic) bond motifs is 5. The molecule has 6 aromatic rings. The number of anilines is 1. The summed E-state index contributed by atoms with van der Waals surface area (Å²) in [7, 11) is 0. The van der Waals surface area contributed by atoms with E-state index in [4.69, 9.17) is 9.15 Å². The highest BCUT2D eigenvalue weighted by Crippen LogP contribution is 2.63. The minimum atomic E-state index is -1.33. The van der Waals surface area contributed by atoms with Crippen LogP contribution in [-0.4, -0.2) is 46.7 Å². The number of aliphatic hydroxyl groups is 1. The third-order valence-corrected chi connectivity index (χ3v) is 12.6. The van der Waals surface area contributed by atoms with Crippen LogP contribution in [0.25, 0.3) is 28.1 Å². The Morgan fingerprint density at radius 2 is 1.47 bits per heavy atom. The third-order valence-electron chi connectivity index (χ3n) is 12.6. The van der Waals surface area contributed by atoms with E-state index >= 15 is 9.59 Å². The highest BCUT2D eigenvalue weighted by Gasteiger charge is 2.66. The summed E-state index contributed by atoms with van der Waals surface area (Å²) in [5.41, 5.74) is 4.64. The topological polar surface area (TPSA) is 127 Å². The molecule has 1 aliphatic heterocycles. The Kier molecular flexibility index (Phi) is 8.64. The molecule has 1 N–H and O–H groups in total. The monoisotopic (exact) mass is 766 g/mol. The van der Waals surface area contributed by atoms with E-state index in [1.807, 2.05) is 109 Å². The molecule has 3 aliphatic carbocycles. The second-order valence-electron chi connectivity index (χ2n) is 15.5. The van der Waals surface area contributed by atoms with Crippen molar-refractivity contribution in [2.24, 2.45) is 23.7 Å². The SMILES string of the molecule is O=C1C(c2ccccc2)=CC(=O)[C@@]2(c3ccccc3)[C@@H](c3ccc(OCCO)cc3)C3=CC[C@@H]4C(=O)N(c5ccc(-c6nc7ccccc7o6)cc5)C(=O)[C@@H]4[C@@H]3C[C@@H]12. The second kappa shape index (κ2) is 14.0. The average molecular weight is 767 g/mol. The van der Waals surface area contributed by atoms with Crippen LogP contribution >= 0.6 is 0 Å². The van der Waals surface area contributed by atoms with Crippen LogP contribution in [-0.2, 0) is 24.6 Å². The summed E-state index contributed by atoms with van der Waals surface area (Å²) in [6, 6.07) is 40.8. The molecule has 0 spiro atoms. The van der Waals surface area contributed by atoms with E-state index in [1.54, 1.807) is 24.3 Å². The molecule has 4 aliphatic rings. The van der Waals surface area contributed by atoms with Gasteiger partial charge in [0.1, 0.15) is 17.9 Å². The number of aliphatic hydroxyl groups excluding tert-OH is 1. The van der Waals surface area contributed by atoms with Crippen molar-refractivity contribution in [1.29, 1.82) is 0 Å². The van der Waals surface area contributed by atoms with Gasteiger partial charge in [-0.1, -0.05) is 96.6 Å². The van der Waals surface area contributed by atoms with Gasteiger partial charge in [0.15, 0.2) is 17.1 Å². The van der Waals surface area contributed by atoms with Crippen molar-refractivity contribution in [2.45, 2.75) is 24.2 Å². The summed E-state index contributed by atoms with van der Waals surface area (Å²) >= 11 is 0. The van der Waals surface area contributed by atoms with Crippen molar-refractivity contribution in [3.05, 3.63) is 168 Å². The zero-order chi connectivity index (χ0) is 39.5. The summed E-state index contributed by atoms with van der Waals surface area (Å²) < 4.78 is 11.7. The van der Waals surface area contributed by atoms with Gasteiger partial charge in [-0.05, 0) is 90.1 Å². The number of benzene rings is 5. The normalized spacial score (nSPS) is 25.2. The lowest BCUT2D eigenvalue weighted by Gasteiger charge is -2.55. The highest BCUT2D eigenvalue weighted by molar-refractivity contribution is 6.32. The predicted molar refractivity (Wildman–Crippen MR) is 218 cm³/mol. The van der Waals surface area contributed by atoms with Crippen molar-refractivity contribution in [2.75, 3.05) is 18.1 Å². The van der Waals surface area contributed by atoms with E-state index in [2.05, 4.69) is 11.1 Å². The number of oxazole rings is 1. The van der Waals surface area contributed by atoms with E-state index in [9.17, 15) is 14.7 Å². The maximum atomic E-state index is 15.3. The molecule has 10 rings (SSSR count). The lowest BCUT2D eigenvalue weighted by molar-refractivity contribution is -0.135. The summed E-state index contributed by atoms with van der Waals surface area (Å²) in [5.74, 6) is -3.27. The molecule has 0 radical (unpaired) electrons. The number of rotatable bonds is 8. The molecule has 6 atom stereocenters. The van der Waals surface area contributed by atoms with Gasteiger partial charge in [0.2, 0.25) is 17.7 Å². The number of aromatic nitrogens is 1. The van der Waals surface area contributed by atoms with E-state index in [0.717, 1.165) is 22.2 Å². The Balaban J connectivity index is 1.08. The largest absolute Gasteiger partial charge is 0.491 e. The number of carbonyl (C=O) groups excluding carboxylic acids is 4. The molecule has 2 heterocycles. The fourth-order valence-electron chi connectivity index (χ4n) is 10.2. The lowest BCUT2D eigenvalue weighted by Crippen LogP contribution is -2.58. The van der Waals surface area contributed by atoms with E-state index in [1.165, 1.54) is 11.0 Å². The first-order valence-electron chi connectivity index (χ1n) is 19.7. The Labute approximate surface area is 334 Å². The number of ether oxygens (including phenoxy) is 1. The van der Waals surface area contributed by atoms with Gasteiger partial charge in [-0.15, -0.1) is 0 Å². The third kappa shape index (κ3) is 5.45. The van der Waals surface area contributed by atoms with Gasteiger partial charge >= 0.3 is 0 Å². The smallest absolute Gasteiger partial charge is 0.238 e. The number of carbonyl (C=O) groups is 4. The number of ketones is 2. The minimum Gasteiger partial charge on any atom is -0.491 e. The standard InChI is InChI=1S/C49H38N2O7/c52-25-26-57-34-21-17-30(18-22-34)44-35-23-24-36-43(48(56)51(47(36)55)33-19-15-31(16-20-33)46-50-40-13-7-8-14-41(40)58-46)38(35)27-39-45(54)37(29-9-3-1-4-10-29)28-42(53)49(39,44)32-11-5-2-6-12-32/h1-23,28,36,38-39,43-44,52H,24-27H2/t36-,38+,39-,43-,44-,49-/m0/s1. The molecule has 1 saturated heterocycles. The zero-order valence-corrected chi connectivity index (χ0v) is 31.4. The second-order valence-corrected chi connectivity index (χ2v) is 15.5. The van der Waals surface area contributed by atoms with Crippen LogP contribution in [0.1, 0.15) is 35.4 Å². The van der Waals surface area contributed by atoms with Gasteiger partial charge in [0.25, 0.3) is 0 Å². The van der Waals surface area contributed by atoms with Crippen molar-refractivity contribution in [3.63, 3.8) is 0 Å². The van der Waals surface area contributed by atoms with Crippen LogP contribution in [0.5, 0.6) is 5.75 Å². The molecule has 1 aromatic heterocycles. The molecule has 286 valence electrons. The van der Waals surface area contributed by atoms with Crippen molar-refractivity contribution in [3.8, 4) is 17.2 Å². The predicted octanol–water partition coefficient (Wildman–Crippen LogP) is 7.89. The van der Waals surface area contributed by atoms with Gasteiger partial charge in [0.05, 0.1) is 29.5 Å². The van der Waals surface area contributed by atoms with Crippen LogP contribution in [0, 0.1) is 23.7 Å². The van der Waals surface area contributed by atoms with Crippen LogP contribution < -0.4 is 9.64 Å². The van der Waals surface area contributed by atoms with E-state index in [0.29, 0.717) is 46.0 Å². The number of amides is 2. The molecule has 9 heteroatoms. The van der Waals surface area contributed by atoms with Gasteiger partial charge in [-0.3, -0.25) is 24.1 Å². The average Bonchev–Trinajstić information content (AvgIpc) is 3.82. The summed E-state index contributed by atoms with van der Waals surface area (Å²) in [5, 5.41) is 9.38. The first-order chi connectivity index (χ1) is 28.4. The quantitative estimate of drug-likeness (QED) is 0.122. The Morgan fingerprint density at radius 1 is 0.759 bits per heavy atom. The number of allylic oxidation sites excluding steroid dienone is 4. The maximum Gasteiger partial charge on any atom is 0.238 e. The minimum absolute atomic E-state index is 0.126. The molecule has 2 fully saturated rings. The van der Waals surface area contributed by atoms with Gasteiger partial charge < -0.3 is 14.3 Å². The highest BCUT2D eigenvalue weighted by atomic mass is 16.5. The first-order valence-corrected chi connectivity index (χ1v) is 19.7. The van der Waals surface area contributed by atoms with Gasteiger partial charge in [-0.25, -0.2) is 4.98 Å². The van der Waals surface area contributed by atoms with Crippen molar-refractivity contribution in [1.82, 2.24) is 4.98 Å². The Bertz CT molecular complexity index is 2630. The van der Waals surface area contributed by atoms with Crippen molar-refractivity contribution < 1.29 is 33.4 Å². The summed E-state index contributed by atoms with van der Waals surface area (Å²) in [6.45, 7) is -0.0132. The fraction of sp³-hybridized carbons (Fsp3) is 0.204. The number of imide groups is 1. The summed E-state index contributed by atoms with van der Waals surface area (Å²) in [4.78, 5) is 65.6. The number of hydrogen-bond acceptors (Lipinski definition) is 8. The molecule has 9 nitrogen and oxygen atoms in total. The van der Waals surface area contributed by atoms with Crippen LogP contribution in [0.4, 0.5) is 5.69 Å². The number of para-hydroxylation sites is 2. The van der Waals surface area contributed by atoms with Crippen LogP contribution in [0.3, 0.4) is 0 Å². The molecule has 5 aromatic carbocycles. The molecular formula is C49H38N2O7. The van der Waals surface area contributed by atoms with E-state index < -0.39 is 35.0 Å². The van der Waals surface area contributed by atoms with Gasteiger partial charge in [-0.2, -0.15) is 0 Å². The molecule has 58 heavy (non-hydrogen) atoms. The fourth-order valence-corrected chi connectivity index (χ4v) is 10.2. The number of nitrogens with zero attached hydrogens (tertiary/aromatic N) is 2. The molecule has 2 amide bonds. The molecular weight excluding hydrogens is 729 g/mol. The van der Waals surface area contributed by atoms with E-state index in [-0.39, 0.29) is 43.0 Å². The van der Waals surface area contributed by atoms with Gasteiger partial charge in [0, 0.05) is 23.0 Å². The lowest BCUT2D eigenvalue weighted by atomic mass is 9.44. The molecule has 0 bridgehead atoms.